The Morgan fingerprint density at radius 1 is 1.18 bits per heavy atom. The minimum absolute atomic E-state index is 0.0277. The normalized spacial score (nSPS) is 19.2. The second-order valence-corrected chi connectivity index (χ2v) is 9.69. The van der Waals surface area contributed by atoms with Gasteiger partial charge in [0.2, 0.25) is 5.91 Å². The molecule has 0 spiro atoms. The fourth-order valence-corrected chi connectivity index (χ4v) is 4.74. The van der Waals surface area contributed by atoms with E-state index < -0.39 is 11.9 Å². The first-order valence-electron chi connectivity index (χ1n) is 13.1. The zero-order chi connectivity index (χ0) is 27.5. The van der Waals surface area contributed by atoms with Crippen molar-refractivity contribution < 1.29 is 23.8 Å². The highest BCUT2D eigenvalue weighted by Gasteiger charge is 2.38. The first kappa shape index (κ1) is 29.9. The number of esters is 1. The number of hydrogen-bond acceptors (Lipinski definition) is 6. The SMILES string of the molecule is CC.CC1=C(C(=O)OCc2ccc(OCCCCl)cc2)C(c2ccc(Cl)nc2)CC(=O)N1CC1CCCO1. The van der Waals surface area contributed by atoms with Gasteiger partial charge in [0, 0.05) is 36.7 Å². The smallest absolute Gasteiger partial charge is 0.336 e. The van der Waals surface area contributed by atoms with Crippen LogP contribution in [0.2, 0.25) is 5.15 Å². The number of carbonyl (C=O) groups is 2. The summed E-state index contributed by atoms with van der Waals surface area (Å²) in [6.45, 7) is 7.57. The van der Waals surface area contributed by atoms with Crippen molar-refractivity contribution in [1.29, 1.82) is 0 Å². The minimum atomic E-state index is -0.465. The van der Waals surface area contributed by atoms with Gasteiger partial charge in [-0.3, -0.25) is 4.79 Å². The Bertz CT molecular complexity index is 1080. The van der Waals surface area contributed by atoms with E-state index in [9.17, 15) is 9.59 Å². The van der Waals surface area contributed by atoms with E-state index in [1.165, 1.54) is 0 Å². The van der Waals surface area contributed by atoms with Crippen molar-refractivity contribution in [2.45, 2.75) is 65.1 Å². The number of aromatic nitrogens is 1. The fourth-order valence-electron chi connectivity index (χ4n) is 4.52. The summed E-state index contributed by atoms with van der Waals surface area (Å²) in [6, 6.07) is 10.9. The van der Waals surface area contributed by atoms with Crippen LogP contribution in [0.15, 0.2) is 53.9 Å². The maximum absolute atomic E-state index is 13.4. The molecule has 7 nitrogen and oxygen atoms in total. The largest absolute Gasteiger partial charge is 0.494 e. The molecule has 0 saturated carbocycles. The molecule has 3 heterocycles. The monoisotopic (exact) mass is 562 g/mol. The molecule has 206 valence electrons. The van der Waals surface area contributed by atoms with E-state index in [4.69, 9.17) is 37.4 Å². The molecule has 38 heavy (non-hydrogen) atoms. The van der Waals surface area contributed by atoms with Crippen molar-refractivity contribution in [3.63, 3.8) is 0 Å². The predicted octanol–water partition coefficient (Wildman–Crippen LogP) is 6.28. The number of carbonyl (C=O) groups excluding carboxylic acids is 2. The van der Waals surface area contributed by atoms with Crippen molar-refractivity contribution in [3.05, 3.63) is 70.1 Å². The molecule has 1 fully saturated rings. The first-order chi connectivity index (χ1) is 18.5. The van der Waals surface area contributed by atoms with Gasteiger partial charge in [0.05, 0.1) is 24.8 Å². The summed E-state index contributed by atoms with van der Waals surface area (Å²) in [5, 5.41) is 0.348. The van der Waals surface area contributed by atoms with E-state index in [0.29, 0.717) is 42.1 Å². The maximum atomic E-state index is 13.4. The molecule has 1 aromatic carbocycles. The van der Waals surface area contributed by atoms with Gasteiger partial charge in [0.15, 0.2) is 0 Å². The van der Waals surface area contributed by atoms with Crippen LogP contribution in [-0.2, 0) is 25.7 Å². The maximum Gasteiger partial charge on any atom is 0.336 e. The summed E-state index contributed by atoms with van der Waals surface area (Å²) in [5.41, 5.74) is 2.63. The standard InChI is InChI=1S/C27H30Cl2N2O5.C2H6/c1-18-26(27(33)36-17-19-5-8-21(9-6-19)34-13-3-11-28)23(20-7-10-24(29)30-15-20)14-25(32)31(18)16-22-4-2-12-35-22;1-2/h5-10,15,22-23H,2-4,11-14,16-17H2,1H3;1-2H3. The van der Waals surface area contributed by atoms with Gasteiger partial charge in [-0.15, -0.1) is 11.6 Å². The Labute approximate surface area is 235 Å². The molecule has 2 aliphatic rings. The van der Waals surface area contributed by atoms with Gasteiger partial charge in [0.1, 0.15) is 17.5 Å². The summed E-state index contributed by atoms with van der Waals surface area (Å²) < 4.78 is 17.1. The number of halogens is 2. The summed E-state index contributed by atoms with van der Waals surface area (Å²) in [7, 11) is 0. The average Bonchev–Trinajstić information content (AvgIpc) is 3.45. The van der Waals surface area contributed by atoms with Crippen molar-refractivity contribution >= 4 is 35.1 Å². The van der Waals surface area contributed by atoms with Crippen LogP contribution in [0, 0.1) is 0 Å². The van der Waals surface area contributed by atoms with Gasteiger partial charge < -0.3 is 19.1 Å². The summed E-state index contributed by atoms with van der Waals surface area (Å²) >= 11 is 11.7. The lowest BCUT2D eigenvalue weighted by Crippen LogP contribution is -2.42. The van der Waals surface area contributed by atoms with Crippen LogP contribution in [0.3, 0.4) is 0 Å². The average molecular weight is 564 g/mol. The Balaban J connectivity index is 0.00000195. The lowest BCUT2D eigenvalue weighted by atomic mass is 9.84. The van der Waals surface area contributed by atoms with E-state index in [-0.39, 0.29) is 25.0 Å². The number of ether oxygens (including phenoxy) is 3. The number of nitrogens with zero attached hydrogens (tertiary/aromatic N) is 2. The zero-order valence-electron chi connectivity index (χ0n) is 22.3. The van der Waals surface area contributed by atoms with Gasteiger partial charge in [-0.1, -0.05) is 43.6 Å². The lowest BCUT2D eigenvalue weighted by Gasteiger charge is -2.35. The molecule has 4 rings (SSSR count). The highest BCUT2D eigenvalue weighted by atomic mass is 35.5. The fraction of sp³-hybridized carbons (Fsp3) is 0.483. The molecule has 1 saturated heterocycles. The summed E-state index contributed by atoms with van der Waals surface area (Å²) in [6.07, 6.45) is 4.37. The van der Waals surface area contributed by atoms with E-state index in [0.717, 1.165) is 36.1 Å². The number of allylic oxidation sites excluding steroid dienone is 1. The Hall–Kier alpha value is -2.61. The number of rotatable bonds is 10. The molecule has 2 unspecified atom stereocenters. The molecule has 1 amide bonds. The van der Waals surface area contributed by atoms with Gasteiger partial charge in [-0.05, 0) is 55.5 Å². The summed E-state index contributed by atoms with van der Waals surface area (Å²) in [5.74, 6) is 0.310. The second kappa shape index (κ2) is 15.1. The number of pyridine rings is 1. The number of amides is 1. The zero-order valence-corrected chi connectivity index (χ0v) is 23.8. The van der Waals surface area contributed by atoms with Gasteiger partial charge in [-0.2, -0.15) is 0 Å². The van der Waals surface area contributed by atoms with E-state index >= 15 is 0 Å². The molecule has 9 heteroatoms. The number of benzene rings is 1. The van der Waals surface area contributed by atoms with Crippen molar-refractivity contribution in [3.8, 4) is 5.75 Å². The van der Waals surface area contributed by atoms with Crippen molar-refractivity contribution in [1.82, 2.24) is 9.88 Å². The van der Waals surface area contributed by atoms with Crippen LogP contribution in [0.5, 0.6) is 5.75 Å². The van der Waals surface area contributed by atoms with Crippen LogP contribution in [0.1, 0.15) is 63.5 Å². The lowest BCUT2D eigenvalue weighted by molar-refractivity contribution is -0.141. The minimum Gasteiger partial charge on any atom is -0.494 e. The van der Waals surface area contributed by atoms with Crippen LogP contribution < -0.4 is 4.74 Å². The third-order valence-corrected chi connectivity index (χ3v) is 6.94. The number of hydrogen-bond donors (Lipinski definition) is 0. The topological polar surface area (TPSA) is 78.0 Å². The van der Waals surface area contributed by atoms with E-state index in [2.05, 4.69) is 4.98 Å². The molecular weight excluding hydrogens is 527 g/mol. The third kappa shape index (κ3) is 7.95. The summed E-state index contributed by atoms with van der Waals surface area (Å²) in [4.78, 5) is 32.4. The van der Waals surface area contributed by atoms with Crippen molar-refractivity contribution in [2.24, 2.45) is 0 Å². The molecule has 2 aliphatic heterocycles. The molecule has 0 N–H and O–H groups in total. The van der Waals surface area contributed by atoms with Gasteiger partial charge in [0.25, 0.3) is 0 Å². The molecule has 2 atom stereocenters. The second-order valence-electron chi connectivity index (χ2n) is 8.92. The van der Waals surface area contributed by atoms with E-state index in [1.807, 2.05) is 38.1 Å². The Kier molecular flexibility index (Phi) is 11.9. The third-order valence-electron chi connectivity index (χ3n) is 6.45. The highest BCUT2D eigenvalue weighted by molar-refractivity contribution is 6.29. The number of alkyl halides is 1. The first-order valence-corrected chi connectivity index (χ1v) is 14.1. The highest BCUT2D eigenvalue weighted by Crippen LogP contribution is 2.37. The van der Waals surface area contributed by atoms with Crippen molar-refractivity contribution in [2.75, 3.05) is 25.6 Å². The van der Waals surface area contributed by atoms with E-state index in [1.54, 1.807) is 30.2 Å². The molecule has 0 radical (unpaired) electrons. The van der Waals surface area contributed by atoms with Crippen LogP contribution in [-0.4, -0.2) is 53.5 Å². The predicted molar refractivity (Wildman–Crippen MR) is 148 cm³/mol. The Morgan fingerprint density at radius 3 is 2.58 bits per heavy atom. The molecule has 2 aromatic rings. The van der Waals surface area contributed by atoms with Gasteiger partial charge in [-0.25, -0.2) is 9.78 Å². The molecular formula is C29H36Cl2N2O5. The molecule has 0 bridgehead atoms. The Morgan fingerprint density at radius 2 is 1.95 bits per heavy atom. The quantitative estimate of drug-likeness (QED) is 0.147. The van der Waals surface area contributed by atoms with Crippen LogP contribution in [0.4, 0.5) is 0 Å². The molecule has 0 aliphatic carbocycles. The van der Waals surface area contributed by atoms with Crippen LogP contribution in [0.25, 0.3) is 0 Å². The van der Waals surface area contributed by atoms with Gasteiger partial charge >= 0.3 is 5.97 Å². The van der Waals surface area contributed by atoms with Crippen LogP contribution >= 0.6 is 23.2 Å². The molecule has 1 aromatic heterocycles.